The van der Waals surface area contributed by atoms with Gasteiger partial charge in [-0.05, 0) is 28.5 Å². The molecule has 0 spiro atoms. The molecule has 10 nitrogen and oxygen atoms in total. The van der Waals surface area contributed by atoms with Crippen molar-refractivity contribution < 1.29 is 17.8 Å². The van der Waals surface area contributed by atoms with Gasteiger partial charge in [0, 0.05) is 23.7 Å². The van der Waals surface area contributed by atoms with Gasteiger partial charge in [0.2, 0.25) is 15.9 Å². The standard InChI is InChI=1S/C14H17ClN6O4S2/c15-9-2-1-3-10(8-9)19-13(16)12-14(21-25-20-12)26-6-5-18-11(22)4-7-27(17,23)24/h1-3,8H,4-7H2,(H2,16,19)(H,18,22)(H2,17,23,24). The minimum atomic E-state index is -3.66. The second-order valence-corrected chi connectivity index (χ2v) is 8.46. The number of sulfonamides is 1. The summed E-state index contributed by atoms with van der Waals surface area (Å²) in [6.45, 7) is 0.283. The van der Waals surface area contributed by atoms with E-state index in [1.165, 1.54) is 11.8 Å². The zero-order valence-corrected chi connectivity index (χ0v) is 16.4. The third-order valence-electron chi connectivity index (χ3n) is 3.04. The van der Waals surface area contributed by atoms with E-state index in [0.29, 0.717) is 21.5 Å². The van der Waals surface area contributed by atoms with Crippen LogP contribution in [0.1, 0.15) is 12.1 Å². The first-order chi connectivity index (χ1) is 12.7. The number of amidine groups is 1. The summed E-state index contributed by atoms with van der Waals surface area (Å²) in [5, 5.41) is 15.9. The Morgan fingerprint density at radius 3 is 2.85 bits per heavy atom. The topological polar surface area (TPSA) is 167 Å². The summed E-state index contributed by atoms with van der Waals surface area (Å²) >= 11 is 7.16. The van der Waals surface area contributed by atoms with E-state index in [0.717, 1.165) is 0 Å². The van der Waals surface area contributed by atoms with Gasteiger partial charge in [0.1, 0.15) is 0 Å². The Bertz CT molecular complexity index is 931. The molecule has 0 atom stereocenters. The molecular weight excluding hydrogens is 416 g/mol. The lowest BCUT2D eigenvalue weighted by molar-refractivity contribution is -0.120. The molecule has 1 aromatic heterocycles. The summed E-state index contributed by atoms with van der Waals surface area (Å²) in [6.07, 6.45) is -0.195. The van der Waals surface area contributed by atoms with Crippen LogP contribution in [0.25, 0.3) is 0 Å². The first-order valence-electron chi connectivity index (χ1n) is 7.57. The van der Waals surface area contributed by atoms with Crippen LogP contribution in [0.2, 0.25) is 5.02 Å². The Balaban J connectivity index is 1.87. The number of aliphatic imine (C=N–C) groups is 1. The Morgan fingerprint density at radius 2 is 2.15 bits per heavy atom. The van der Waals surface area contributed by atoms with Crippen LogP contribution in [0, 0.1) is 0 Å². The minimum absolute atomic E-state index is 0.109. The van der Waals surface area contributed by atoms with Gasteiger partial charge in [-0.15, -0.1) is 0 Å². The fourth-order valence-electron chi connectivity index (χ4n) is 1.83. The lowest BCUT2D eigenvalue weighted by Gasteiger charge is -2.04. The molecule has 0 aliphatic carbocycles. The highest BCUT2D eigenvalue weighted by atomic mass is 35.5. The number of rotatable bonds is 9. The normalized spacial score (nSPS) is 12.1. The molecule has 2 aromatic rings. The third-order valence-corrected chi connectivity index (χ3v) is 4.99. The molecule has 1 amide bonds. The molecule has 2 rings (SSSR count). The average molecular weight is 433 g/mol. The van der Waals surface area contributed by atoms with Crippen molar-refractivity contribution in [1.29, 1.82) is 0 Å². The monoisotopic (exact) mass is 432 g/mol. The van der Waals surface area contributed by atoms with Crippen LogP contribution in [-0.2, 0) is 14.8 Å². The number of hydrogen-bond acceptors (Lipinski definition) is 8. The number of amides is 1. The molecule has 0 saturated carbocycles. The van der Waals surface area contributed by atoms with E-state index >= 15 is 0 Å². The van der Waals surface area contributed by atoms with Crippen LogP contribution in [-0.4, -0.2) is 48.5 Å². The van der Waals surface area contributed by atoms with E-state index in [1.54, 1.807) is 24.3 Å². The number of halogens is 1. The number of thioether (sulfide) groups is 1. The maximum absolute atomic E-state index is 11.5. The largest absolute Gasteiger partial charge is 0.382 e. The van der Waals surface area contributed by atoms with Crippen molar-refractivity contribution >= 4 is 50.8 Å². The van der Waals surface area contributed by atoms with Crippen molar-refractivity contribution in [3.8, 4) is 0 Å². The fourth-order valence-corrected chi connectivity index (χ4v) is 3.25. The van der Waals surface area contributed by atoms with E-state index in [-0.39, 0.29) is 24.5 Å². The number of nitrogens with zero attached hydrogens (tertiary/aromatic N) is 3. The van der Waals surface area contributed by atoms with Gasteiger partial charge >= 0.3 is 0 Å². The maximum Gasteiger partial charge on any atom is 0.221 e. The quantitative estimate of drug-likeness (QED) is 0.224. The molecule has 13 heteroatoms. The predicted octanol–water partition coefficient (Wildman–Crippen LogP) is 0.647. The Labute approximate surface area is 164 Å². The second kappa shape index (κ2) is 9.69. The Kier molecular flexibility index (Phi) is 7.59. The number of carbonyl (C=O) groups is 1. The Morgan fingerprint density at radius 1 is 1.37 bits per heavy atom. The van der Waals surface area contributed by atoms with Gasteiger partial charge in [-0.2, -0.15) is 0 Å². The highest BCUT2D eigenvalue weighted by Gasteiger charge is 2.15. The first kappa shape index (κ1) is 21.2. The molecule has 0 saturated heterocycles. The van der Waals surface area contributed by atoms with Gasteiger partial charge in [0.25, 0.3) is 0 Å². The molecule has 27 heavy (non-hydrogen) atoms. The second-order valence-electron chi connectivity index (χ2n) is 5.21. The summed E-state index contributed by atoms with van der Waals surface area (Å²) in [4.78, 5) is 15.7. The van der Waals surface area contributed by atoms with Crippen LogP contribution >= 0.6 is 23.4 Å². The van der Waals surface area contributed by atoms with E-state index in [1.807, 2.05) is 0 Å². The van der Waals surface area contributed by atoms with E-state index in [2.05, 4.69) is 20.6 Å². The predicted molar refractivity (Wildman–Crippen MR) is 102 cm³/mol. The number of aromatic nitrogens is 2. The van der Waals surface area contributed by atoms with E-state index in [4.69, 9.17) is 27.1 Å². The molecule has 1 aromatic carbocycles. The average Bonchev–Trinajstić information content (AvgIpc) is 3.05. The van der Waals surface area contributed by atoms with Crippen LogP contribution in [0.3, 0.4) is 0 Å². The van der Waals surface area contributed by atoms with Crippen molar-refractivity contribution in [3.05, 3.63) is 35.0 Å². The molecule has 5 N–H and O–H groups in total. The number of nitrogens with one attached hydrogen (secondary N) is 1. The molecule has 146 valence electrons. The van der Waals surface area contributed by atoms with Gasteiger partial charge in [0.15, 0.2) is 16.6 Å². The summed E-state index contributed by atoms with van der Waals surface area (Å²) in [5.74, 6) is -0.268. The van der Waals surface area contributed by atoms with Crippen molar-refractivity contribution in [2.75, 3.05) is 18.1 Å². The van der Waals surface area contributed by atoms with Crippen molar-refractivity contribution in [2.45, 2.75) is 11.4 Å². The highest BCUT2D eigenvalue weighted by molar-refractivity contribution is 7.99. The van der Waals surface area contributed by atoms with Gasteiger partial charge in [0.05, 0.1) is 11.4 Å². The third kappa shape index (κ3) is 7.54. The molecule has 0 radical (unpaired) electrons. The molecule has 0 aliphatic heterocycles. The summed E-state index contributed by atoms with van der Waals surface area (Å²) in [6, 6.07) is 6.83. The van der Waals surface area contributed by atoms with Gasteiger partial charge in [-0.25, -0.2) is 23.2 Å². The molecule has 0 fully saturated rings. The zero-order valence-electron chi connectivity index (χ0n) is 14.0. The van der Waals surface area contributed by atoms with Crippen molar-refractivity contribution in [2.24, 2.45) is 15.9 Å². The summed E-state index contributed by atoms with van der Waals surface area (Å²) in [7, 11) is -3.66. The zero-order chi connectivity index (χ0) is 19.9. The molecule has 0 unspecified atom stereocenters. The van der Waals surface area contributed by atoms with Gasteiger partial charge in [-0.1, -0.05) is 29.4 Å². The minimum Gasteiger partial charge on any atom is -0.382 e. The van der Waals surface area contributed by atoms with Crippen molar-refractivity contribution in [1.82, 2.24) is 15.6 Å². The number of benzene rings is 1. The maximum atomic E-state index is 11.5. The smallest absolute Gasteiger partial charge is 0.221 e. The van der Waals surface area contributed by atoms with Crippen molar-refractivity contribution in [3.63, 3.8) is 0 Å². The summed E-state index contributed by atoms with van der Waals surface area (Å²) in [5.41, 5.74) is 6.78. The fraction of sp³-hybridized carbons (Fsp3) is 0.286. The number of nitrogens with two attached hydrogens (primary N) is 2. The van der Waals surface area contributed by atoms with Crippen LogP contribution in [0.5, 0.6) is 0 Å². The van der Waals surface area contributed by atoms with E-state index in [9.17, 15) is 13.2 Å². The summed E-state index contributed by atoms with van der Waals surface area (Å²) < 4.78 is 26.3. The molecule has 0 aliphatic rings. The van der Waals surface area contributed by atoms with Gasteiger partial charge < -0.3 is 11.1 Å². The number of primary sulfonamides is 1. The molecule has 0 bridgehead atoms. The first-order valence-corrected chi connectivity index (χ1v) is 10.6. The van der Waals surface area contributed by atoms with Crippen LogP contribution in [0.4, 0.5) is 5.69 Å². The van der Waals surface area contributed by atoms with Gasteiger partial charge in [-0.3, -0.25) is 4.79 Å². The highest BCUT2D eigenvalue weighted by Crippen LogP contribution is 2.21. The van der Waals surface area contributed by atoms with Crippen LogP contribution in [0.15, 0.2) is 38.9 Å². The number of carbonyl (C=O) groups excluding carboxylic acids is 1. The van der Waals surface area contributed by atoms with Crippen LogP contribution < -0.4 is 16.2 Å². The SMILES string of the molecule is NC(=Nc1cccc(Cl)c1)c1nonc1SCCNC(=O)CCS(N)(=O)=O. The lowest BCUT2D eigenvalue weighted by atomic mass is 10.3. The lowest BCUT2D eigenvalue weighted by Crippen LogP contribution is -2.29. The molecular formula is C14H17ClN6O4S2. The van der Waals surface area contributed by atoms with E-state index < -0.39 is 21.7 Å². The Hall–Kier alpha value is -2.15. The number of hydrogen-bond donors (Lipinski definition) is 3. The molecule has 1 heterocycles.